The van der Waals surface area contributed by atoms with Crippen molar-refractivity contribution in [3.63, 3.8) is 0 Å². The monoisotopic (exact) mass is 326 g/mol. The standard InChI is InChI=1S/C16H11ClN4S/c17-13-8-6-11(7-9-13)14-10-22-16-19-18-15(21(16)20-14)12-4-2-1-3-5-12/h1-9H,10H2. The summed E-state index contributed by atoms with van der Waals surface area (Å²) in [6.45, 7) is 0. The topological polar surface area (TPSA) is 43.1 Å². The summed E-state index contributed by atoms with van der Waals surface area (Å²) in [6.07, 6.45) is 0. The highest BCUT2D eigenvalue weighted by Gasteiger charge is 2.20. The first-order valence-corrected chi connectivity index (χ1v) is 8.15. The van der Waals surface area contributed by atoms with Gasteiger partial charge in [0.1, 0.15) is 0 Å². The lowest BCUT2D eigenvalue weighted by molar-refractivity contribution is 0.762. The van der Waals surface area contributed by atoms with Crippen molar-refractivity contribution in [2.45, 2.75) is 5.16 Å². The molecule has 0 fully saturated rings. The fraction of sp³-hybridized carbons (Fsp3) is 0.0625. The highest BCUT2D eigenvalue weighted by Crippen LogP contribution is 2.28. The Balaban J connectivity index is 1.79. The Hall–Kier alpha value is -2.11. The Kier molecular flexibility index (Phi) is 3.44. The van der Waals surface area contributed by atoms with E-state index in [1.807, 2.05) is 59.3 Å². The van der Waals surface area contributed by atoms with Crippen molar-refractivity contribution in [2.75, 3.05) is 5.75 Å². The fourth-order valence-electron chi connectivity index (χ4n) is 2.28. The minimum atomic E-state index is 0.725. The minimum absolute atomic E-state index is 0.725. The number of halogens is 1. The fourth-order valence-corrected chi connectivity index (χ4v) is 3.24. The number of hydrogen-bond donors (Lipinski definition) is 0. The second kappa shape index (κ2) is 5.59. The zero-order valence-corrected chi connectivity index (χ0v) is 13.1. The Morgan fingerprint density at radius 3 is 2.45 bits per heavy atom. The van der Waals surface area contributed by atoms with Crippen LogP contribution in [0, 0.1) is 0 Å². The zero-order valence-electron chi connectivity index (χ0n) is 11.5. The maximum atomic E-state index is 5.95. The van der Waals surface area contributed by atoms with Gasteiger partial charge in [0.25, 0.3) is 0 Å². The van der Waals surface area contributed by atoms with Gasteiger partial charge in [0, 0.05) is 16.3 Å². The molecule has 0 spiro atoms. The van der Waals surface area contributed by atoms with Crippen molar-refractivity contribution in [1.82, 2.24) is 14.9 Å². The third-order valence-corrected chi connectivity index (χ3v) is 4.56. The van der Waals surface area contributed by atoms with E-state index in [4.69, 9.17) is 16.7 Å². The lowest BCUT2D eigenvalue weighted by Gasteiger charge is -2.14. The summed E-state index contributed by atoms with van der Waals surface area (Å²) in [6, 6.07) is 17.7. The Morgan fingerprint density at radius 2 is 1.68 bits per heavy atom. The van der Waals surface area contributed by atoms with Gasteiger partial charge in [0.15, 0.2) is 5.82 Å². The van der Waals surface area contributed by atoms with Gasteiger partial charge in [-0.1, -0.05) is 65.8 Å². The van der Waals surface area contributed by atoms with Gasteiger partial charge >= 0.3 is 0 Å². The van der Waals surface area contributed by atoms with E-state index in [1.54, 1.807) is 11.8 Å². The molecule has 3 aromatic rings. The number of rotatable bonds is 2. The molecular weight excluding hydrogens is 316 g/mol. The number of aromatic nitrogens is 3. The van der Waals surface area contributed by atoms with Crippen molar-refractivity contribution < 1.29 is 0 Å². The van der Waals surface area contributed by atoms with Crippen molar-refractivity contribution in [1.29, 1.82) is 0 Å². The van der Waals surface area contributed by atoms with E-state index in [2.05, 4.69) is 10.2 Å². The van der Waals surface area contributed by atoms with Gasteiger partial charge in [0.05, 0.1) is 5.71 Å². The van der Waals surface area contributed by atoms with Gasteiger partial charge in [-0.2, -0.15) is 9.78 Å². The molecule has 0 bridgehead atoms. The van der Waals surface area contributed by atoms with Gasteiger partial charge in [0.2, 0.25) is 5.16 Å². The van der Waals surface area contributed by atoms with E-state index in [1.165, 1.54) is 0 Å². The van der Waals surface area contributed by atoms with Crippen LogP contribution in [0.15, 0.2) is 64.9 Å². The maximum absolute atomic E-state index is 5.95. The van der Waals surface area contributed by atoms with E-state index >= 15 is 0 Å². The number of fused-ring (bicyclic) bond motifs is 1. The number of hydrogen-bond acceptors (Lipinski definition) is 4. The summed E-state index contributed by atoms with van der Waals surface area (Å²) in [7, 11) is 0. The molecule has 1 aliphatic rings. The quantitative estimate of drug-likeness (QED) is 0.716. The summed E-state index contributed by atoms with van der Waals surface area (Å²) in [5.41, 5.74) is 3.06. The van der Waals surface area contributed by atoms with E-state index in [-0.39, 0.29) is 0 Å². The average molecular weight is 327 g/mol. The first-order valence-electron chi connectivity index (χ1n) is 6.79. The summed E-state index contributed by atoms with van der Waals surface area (Å²) in [4.78, 5) is 0. The number of nitrogens with zero attached hydrogens (tertiary/aromatic N) is 4. The van der Waals surface area contributed by atoms with Crippen LogP contribution in [0.2, 0.25) is 5.02 Å². The van der Waals surface area contributed by atoms with Crippen LogP contribution in [-0.2, 0) is 0 Å². The van der Waals surface area contributed by atoms with Crippen molar-refractivity contribution in [3.8, 4) is 11.4 Å². The molecule has 1 aliphatic heterocycles. The average Bonchev–Trinajstić information content (AvgIpc) is 2.99. The molecule has 2 aromatic carbocycles. The molecule has 2 heterocycles. The van der Waals surface area contributed by atoms with E-state index in [9.17, 15) is 0 Å². The third kappa shape index (κ3) is 2.42. The Bertz CT molecular complexity index is 840. The molecule has 0 amide bonds. The van der Waals surface area contributed by atoms with E-state index in [0.29, 0.717) is 0 Å². The lowest BCUT2D eigenvalue weighted by Crippen LogP contribution is -2.13. The molecule has 0 unspecified atom stereocenters. The molecule has 4 rings (SSSR count). The van der Waals surface area contributed by atoms with Crippen LogP contribution in [0.4, 0.5) is 0 Å². The minimum Gasteiger partial charge on any atom is -0.187 e. The summed E-state index contributed by atoms with van der Waals surface area (Å²) < 4.78 is 1.81. The van der Waals surface area contributed by atoms with Gasteiger partial charge in [-0.15, -0.1) is 10.2 Å². The van der Waals surface area contributed by atoms with Crippen molar-refractivity contribution >= 4 is 29.1 Å². The first-order chi connectivity index (χ1) is 10.8. The van der Waals surface area contributed by atoms with Gasteiger partial charge in [-0.3, -0.25) is 0 Å². The molecule has 6 heteroatoms. The Labute approximate surface area is 136 Å². The van der Waals surface area contributed by atoms with Crippen molar-refractivity contribution in [3.05, 3.63) is 65.2 Å². The molecule has 0 aliphatic carbocycles. The first kappa shape index (κ1) is 13.5. The van der Waals surface area contributed by atoms with Crippen LogP contribution in [0.3, 0.4) is 0 Å². The van der Waals surface area contributed by atoms with Crippen LogP contribution >= 0.6 is 23.4 Å². The lowest BCUT2D eigenvalue weighted by atomic mass is 10.1. The second-order valence-corrected chi connectivity index (χ2v) is 6.21. The summed E-state index contributed by atoms with van der Waals surface area (Å²) in [5.74, 6) is 1.53. The van der Waals surface area contributed by atoms with Crippen LogP contribution < -0.4 is 0 Å². The van der Waals surface area contributed by atoms with Gasteiger partial charge in [-0.05, 0) is 17.7 Å². The van der Waals surface area contributed by atoms with Gasteiger partial charge in [-0.25, -0.2) is 0 Å². The third-order valence-electron chi connectivity index (χ3n) is 3.38. The van der Waals surface area contributed by atoms with Crippen LogP contribution in [0.5, 0.6) is 0 Å². The molecule has 0 saturated carbocycles. The van der Waals surface area contributed by atoms with Crippen molar-refractivity contribution in [2.24, 2.45) is 5.10 Å². The summed E-state index contributed by atoms with van der Waals surface area (Å²) in [5, 5.41) is 14.8. The smallest absolute Gasteiger partial charge is 0.187 e. The Morgan fingerprint density at radius 1 is 0.909 bits per heavy atom. The van der Waals surface area contributed by atoms with E-state index in [0.717, 1.165) is 38.6 Å². The van der Waals surface area contributed by atoms with Crippen LogP contribution in [-0.4, -0.2) is 26.3 Å². The van der Waals surface area contributed by atoms with Crippen LogP contribution in [0.1, 0.15) is 5.56 Å². The molecule has 4 nitrogen and oxygen atoms in total. The molecule has 0 N–H and O–H groups in total. The molecule has 22 heavy (non-hydrogen) atoms. The molecule has 1 aromatic heterocycles. The molecular formula is C16H11ClN4S. The largest absolute Gasteiger partial charge is 0.212 e. The molecule has 0 radical (unpaired) electrons. The number of benzene rings is 2. The summed E-state index contributed by atoms with van der Waals surface area (Å²) >= 11 is 7.59. The molecule has 0 atom stereocenters. The number of thioether (sulfide) groups is 1. The van der Waals surface area contributed by atoms with Gasteiger partial charge < -0.3 is 0 Å². The normalized spacial score (nSPS) is 13.6. The highest BCUT2D eigenvalue weighted by atomic mass is 35.5. The molecule has 108 valence electrons. The SMILES string of the molecule is Clc1ccc(C2=Nn3c(nnc3-c3ccccc3)SC2)cc1. The van der Waals surface area contributed by atoms with E-state index < -0.39 is 0 Å². The van der Waals surface area contributed by atoms with Crippen LogP contribution in [0.25, 0.3) is 11.4 Å². The highest BCUT2D eigenvalue weighted by molar-refractivity contribution is 7.99. The molecule has 0 saturated heterocycles. The second-order valence-electron chi connectivity index (χ2n) is 4.83. The zero-order chi connectivity index (χ0) is 14.9. The maximum Gasteiger partial charge on any atom is 0.212 e. The predicted octanol–water partition coefficient (Wildman–Crippen LogP) is 3.96. The predicted molar refractivity (Wildman–Crippen MR) is 89.6 cm³/mol.